The second-order valence-electron chi connectivity index (χ2n) is 10.5. The van der Waals surface area contributed by atoms with Gasteiger partial charge >= 0.3 is 11.9 Å². The first-order valence-electron chi connectivity index (χ1n) is 12.0. The van der Waals surface area contributed by atoms with E-state index in [-0.39, 0.29) is 0 Å². The third-order valence-electron chi connectivity index (χ3n) is 7.00. The Kier molecular flexibility index (Phi) is 7.47. The van der Waals surface area contributed by atoms with Crippen molar-refractivity contribution in [3.63, 3.8) is 0 Å². The van der Waals surface area contributed by atoms with Gasteiger partial charge in [0.15, 0.2) is 0 Å². The van der Waals surface area contributed by atoms with Crippen LogP contribution in [-0.4, -0.2) is 89.2 Å². The SMILES string of the molecule is CC1(C)SC2[C@H](NC(=O)C(NC(=O)[C@H](N)c3ccccc3)C3N[C@@H](C(=O)O)C(C)(C)S3)C(=O)N2[C@H]1C(=O)O. The number of amides is 3. The molecule has 38 heavy (non-hydrogen) atoms. The van der Waals surface area contributed by atoms with Gasteiger partial charge in [-0.15, -0.1) is 23.5 Å². The maximum atomic E-state index is 13.6. The summed E-state index contributed by atoms with van der Waals surface area (Å²) in [6.45, 7) is 6.88. The second kappa shape index (κ2) is 10.1. The second-order valence-corrected chi connectivity index (χ2v) is 14.1. The molecule has 7 N–H and O–H groups in total. The lowest BCUT2D eigenvalue weighted by Gasteiger charge is -2.44. The van der Waals surface area contributed by atoms with Crippen LogP contribution in [0.5, 0.6) is 0 Å². The van der Waals surface area contributed by atoms with Crippen molar-refractivity contribution in [3.05, 3.63) is 35.9 Å². The predicted molar refractivity (Wildman–Crippen MR) is 141 cm³/mol. The van der Waals surface area contributed by atoms with Gasteiger partial charge in [0.05, 0.1) is 5.37 Å². The van der Waals surface area contributed by atoms with Gasteiger partial charge < -0.3 is 31.5 Å². The first kappa shape index (κ1) is 28.2. The summed E-state index contributed by atoms with van der Waals surface area (Å²) in [5, 5.41) is 26.1. The lowest BCUT2D eigenvalue weighted by atomic mass is 9.96. The maximum Gasteiger partial charge on any atom is 0.327 e. The average molecular weight is 566 g/mol. The van der Waals surface area contributed by atoms with Gasteiger partial charge in [-0.05, 0) is 33.3 Å². The molecule has 0 spiro atoms. The number of thioether (sulfide) groups is 2. The molecule has 3 unspecified atom stereocenters. The number of aliphatic carboxylic acids is 2. The lowest BCUT2D eigenvalue weighted by molar-refractivity contribution is -0.161. The number of nitrogens with one attached hydrogen (secondary N) is 3. The highest BCUT2D eigenvalue weighted by atomic mass is 32.2. The maximum absolute atomic E-state index is 13.6. The van der Waals surface area contributed by atoms with Crippen LogP contribution in [0.2, 0.25) is 0 Å². The van der Waals surface area contributed by atoms with Crippen molar-refractivity contribution in [3.8, 4) is 0 Å². The number of nitrogens with two attached hydrogens (primary N) is 1. The number of β-lactam (4-membered cyclic amide) rings is 1. The molecule has 4 rings (SSSR count). The van der Waals surface area contributed by atoms with Crippen LogP contribution in [0.1, 0.15) is 39.3 Å². The Labute approximate surface area is 227 Å². The van der Waals surface area contributed by atoms with Crippen LogP contribution in [0.25, 0.3) is 0 Å². The first-order valence-corrected chi connectivity index (χ1v) is 13.7. The zero-order valence-corrected chi connectivity index (χ0v) is 22.8. The van der Waals surface area contributed by atoms with E-state index in [1.165, 1.54) is 28.4 Å². The van der Waals surface area contributed by atoms with Crippen molar-refractivity contribution in [1.82, 2.24) is 20.9 Å². The third kappa shape index (κ3) is 4.97. The predicted octanol–water partition coefficient (Wildman–Crippen LogP) is -0.303. The molecule has 0 radical (unpaired) electrons. The molecule has 3 saturated heterocycles. The number of rotatable bonds is 8. The summed E-state index contributed by atoms with van der Waals surface area (Å²) >= 11 is 2.46. The average Bonchev–Trinajstić information content (AvgIpc) is 3.30. The summed E-state index contributed by atoms with van der Waals surface area (Å²) in [7, 11) is 0. The Morgan fingerprint density at radius 3 is 2.18 bits per heavy atom. The normalized spacial score (nSPS) is 30.5. The monoisotopic (exact) mass is 565 g/mol. The highest BCUT2D eigenvalue weighted by molar-refractivity contribution is 8.02. The quantitative estimate of drug-likeness (QED) is 0.227. The van der Waals surface area contributed by atoms with Gasteiger partial charge in [-0.2, -0.15) is 0 Å². The van der Waals surface area contributed by atoms with E-state index in [1.807, 2.05) is 0 Å². The smallest absolute Gasteiger partial charge is 0.327 e. The molecule has 3 aliphatic heterocycles. The molecule has 0 bridgehead atoms. The van der Waals surface area contributed by atoms with E-state index < -0.39 is 80.1 Å². The van der Waals surface area contributed by atoms with Crippen molar-refractivity contribution in [2.45, 2.75) is 78.1 Å². The highest BCUT2D eigenvalue weighted by Crippen LogP contribution is 2.50. The van der Waals surface area contributed by atoms with Crippen molar-refractivity contribution in [2.75, 3.05) is 0 Å². The lowest BCUT2D eigenvalue weighted by Crippen LogP contribution is -2.72. The van der Waals surface area contributed by atoms with Crippen molar-refractivity contribution < 1.29 is 34.2 Å². The number of carbonyl (C=O) groups excluding carboxylic acids is 3. The molecule has 12 nitrogen and oxygen atoms in total. The van der Waals surface area contributed by atoms with Crippen LogP contribution in [-0.2, 0) is 24.0 Å². The minimum Gasteiger partial charge on any atom is -0.480 e. The molecule has 3 aliphatic rings. The number of benzene rings is 1. The topological polar surface area (TPSA) is 191 Å². The summed E-state index contributed by atoms with van der Waals surface area (Å²) in [5.74, 6) is -4.13. The zero-order chi connectivity index (χ0) is 28.2. The van der Waals surface area contributed by atoms with Gasteiger partial charge in [0.25, 0.3) is 0 Å². The van der Waals surface area contributed by atoms with E-state index in [9.17, 15) is 34.2 Å². The number of nitrogens with zero attached hydrogens (tertiary/aromatic N) is 1. The fraction of sp³-hybridized carbons (Fsp3) is 0.542. The molecule has 1 aromatic carbocycles. The molecule has 14 heteroatoms. The van der Waals surface area contributed by atoms with Gasteiger partial charge in [0, 0.05) is 9.49 Å². The molecule has 0 aliphatic carbocycles. The standard InChI is InChI=1S/C24H31N5O7S2/c1-23(2)14(21(33)34)28-18(37-23)12(26-16(30)11(25)10-8-6-5-7-9-10)17(31)27-13-19(32)29-15(22(35)36)24(3,4)38-20(13)29/h5-9,11-15,18,20,28H,25H2,1-4H3,(H,26,30)(H,27,31)(H,33,34)(H,35,36)/t11-,12?,13-,14+,15+,18?,20?/m1/s1. The molecule has 3 amide bonds. The molecule has 206 valence electrons. The number of carbonyl (C=O) groups is 5. The molecule has 1 aromatic rings. The number of carboxylic acids is 2. The molecule has 3 fully saturated rings. The largest absolute Gasteiger partial charge is 0.480 e. The molecule has 0 aromatic heterocycles. The Hall–Kier alpha value is -2.81. The van der Waals surface area contributed by atoms with Gasteiger partial charge in [-0.25, -0.2) is 4.79 Å². The minimum absolute atomic E-state index is 0.522. The fourth-order valence-electron chi connectivity index (χ4n) is 5.05. The minimum atomic E-state index is -1.28. The summed E-state index contributed by atoms with van der Waals surface area (Å²) in [6, 6.07) is 3.15. The molecule has 7 atom stereocenters. The Morgan fingerprint density at radius 1 is 1.00 bits per heavy atom. The van der Waals surface area contributed by atoms with E-state index in [4.69, 9.17) is 5.73 Å². The van der Waals surface area contributed by atoms with Gasteiger partial charge in [0.2, 0.25) is 17.7 Å². The number of hydrogen-bond donors (Lipinski definition) is 6. The summed E-state index contributed by atoms with van der Waals surface area (Å²) in [6.07, 6.45) is 0. The molecule has 3 heterocycles. The van der Waals surface area contributed by atoms with Crippen molar-refractivity contribution in [2.24, 2.45) is 5.73 Å². The van der Waals surface area contributed by atoms with E-state index in [0.717, 1.165) is 0 Å². The van der Waals surface area contributed by atoms with E-state index in [1.54, 1.807) is 58.0 Å². The van der Waals surface area contributed by atoms with Crippen LogP contribution in [0.4, 0.5) is 0 Å². The van der Waals surface area contributed by atoms with Crippen LogP contribution < -0.4 is 21.7 Å². The van der Waals surface area contributed by atoms with Crippen molar-refractivity contribution in [1.29, 1.82) is 0 Å². The Morgan fingerprint density at radius 2 is 1.63 bits per heavy atom. The van der Waals surface area contributed by atoms with Gasteiger partial charge in [0.1, 0.15) is 35.6 Å². The van der Waals surface area contributed by atoms with Crippen LogP contribution in [0.15, 0.2) is 30.3 Å². The number of hydrogen-bond acceptors (Lipinski definition) is 9. The first-order chi connectivity index (χ1) is 17.7. The van der Waals surface area contributed by atoms with Gasteiger partial charge in [-0.3, -0.25) is 24.5 Å². The summed E-state index contributed by atoms with van der Waals surface area (Å²) < 4.78 is -1.59. The van der Waals surface area contributed by atoms with Crippen LogP contribution in [0.3, 0.4) is 0 Å². The molecular weight excluding hydrogens is 534 g/mol. The van der Waals surface area contributed by atoms with Gasteiger partial charge in [-0.1, -0.05) is 30.3 Å². The Bertz CT molecular complexity index is 1160. The third-order valence-corrected chi connectivity index (χ3v) is 10.1. The molecule has 0 saturated carbocycles. The van der Waals surface area contributed by atoms with E-state index in [0.29, 0.717) is 5.56 Å². The highest BCUT2D eigenvalue weighted by Gasteiger charge is 2.64. The van der Waals surface area contributed by atoms with Crippen LogP contribution >= 0.6 is 23.5 Å². The zero-order valence-electron chi connectivity index (χ0n) is 21.2. The van der Waals surface area contributed by atoms with E-state index in [2.05, 4.69) is 16.0 Å². The van der Waals surface area contributed by atoms with Crippen LogP contribution in [0, 0.1) is 0 Å². The summed E-state index contributed by atoms with van der Waals surface area (Å²) in [4.78, 5) is 64.5. The molecular formula is C24H31N5O7S2. The number of carboxylic acid groups (broad SMARTS) is 2. The number of fused-ring (bicyclic) bond motifs is 1. The Balaban J connectivity index is 1.55. The van der Waals surface area contributed by atoms with E-state index >= 15 is 0 Å². The summed E-state index contributed by atoms with van der Waals surface area (Å²) in [5.41, 5.74) is 6.66. The van der Waals surface area contributed by atoms with Crippen molar-refractivity contribution >= 4 is 53.2 Å². The fourth-order valence-corrected chi connectivity index (χ4v) is 8.17.